The van der Waals surface area contributed by atoms with Gasteiger partial charge in [0.15, 0.2) is 0 Å². The van der Waals surface area contributed by atoms with Crippen molar-refractivity contribution in [3.63, 3.8) is 0 Å². The van der Waals surface area contributed by atoms with Crippen molar-refractivity contribution in [1.82, 2.24) is 20.1 Å². The zero-order valence-electron chi connectivity index (χ0n) is 17.3. The van der Waals surface area contributed by atoms with Crippen molar-refractivity contribution in [2.45, 2.75) is 51.6 Å². The minimum absolute atomic E-state index is 0.0645. The second-order valence-electron chi connectivity index (χ2n) is 9.41. The number of likely N-dealkylation sites (tertiary alicyclic amines) is 1. The van der Waals surface area contributed by atoms with Gasteiger partial charge in [-0.3, -0.25) is 9.78 Å². The van der Waals surface area contributed by atoms with E-state index in [-0.39, 0.29) is 16.7 Å². The summed E-state index contributed by atoms with van der Waals surface area (Å²) in [7, 11) is 0. The number of carbonyl (C=O) groups excluding carboxylic acids is 1. The van der Waals surface area contributed by atoms with Gasteiger partial charge < -0.3 is 19.3 Å². The lowest BCUT2D eigenvalue weighted by Gasteiger charge is -2.48. The third-order valence-corrected chi connectivity index (χ3v) is 5.97. The van der Waals surface area contributed by atoms with Crippen LogP contribution in [-0.4, -0.2) is 63.4 Å². The van der Waals surface area contributed by atoms with Gasteiger partial charge in [-0.25, -0.2) is 0 Å². The highest BCUT2D eigenvalue weighted by molar-refractivity contribution is 5.94. The molecule has 29 heavy (non-hydrogen) atoms. The second-order valence-corrected chi connectivity index (χ2v) is 9.41. The van der Waals surface area contributed by atoms with Crippen LogP contribution in [0.3, 0.4) is 0 Å². The van der Waals surface area contributed by atoms with Gasteiger partial charge in [-0.15, -0.1) is 5.10 Å². The topological polar surface area (TPSA) is 95.6 Å². The molecule has 0 aliphatic carbocycles. The number of β-amino-alcohol motifs (C(OH)–C–C–N with tert-alkyl or cyclic N) is 1. The maximum atomic E-state index is 12.9. The average Bonchev–Trinajstić information content (AvgIpc) is 3.19. The fourth-order valence-electron chi connectivity index (χ4n) is 4.36. The number of rotatable bonds is 2. The molecule has 2 aromatic rings. The quantitative estimate of drug-likeness (QED) is 0.827. The second kappa shape index (κ2) is 7.40. The van der Waals surface area contributed by atoms with Crippen LogP contribution >= 0.6 is 0 Å². The molecule has 4 heterocycles. The molecular weight excluding hydrogens is 370 g/mol. The normalized spacial score (nSPS) is 22.1. The Morgan fingerprint density at radius 2 is 2.03 bits per heavy atom. The molecule has 1 spiro atoms. The van der Waals surface area contributed by atoms with Gasteiger partial charge in [0.1, 0.15) is 0 Å². The summed E-state index contributed by atoms with van der Waals surface area (Å²) in [4.78, 5) is 20.8. The van der Waals surface area contributed by atoms with E-state index in [1.54, 1.807) is 29.4 Å². The van der Waals surface area contributed by atoms with Gasteiger partial charge in [-0.1, -0.05) is 25.9 Å². The molecule has 0 radical (unpaired) electrons. The van der Waals surface area contributed by atoms with Crippen LogP contribution in [0.4, 0.5) is 6.01 Å². The molecule has 2 aliphatic rings. The Bertz CT molecular complexity index is 853. The number of pyridine rings is 1. The van der Waals surface area contributed by atoms with Crippen LogP contribution < -0.4 is 4.90 Å². The summed E-state index contributed by atoms with van der Waals surface area (Å²) in [5, 5.41) is 18.9. The van der Waals surface area contributed by atoms with E-state index in [4.69, 9.17) is 4.42 Å². The third kappa shape index (κ3) is 4.12. The molecule has 8 nitrogen and oxygen atoms in total. The summed E-state index contributed by atoms with van der Waals surface area (Å²) in [6, 6.07) is 4.09. The van der Waals surface area contributed by atoms with Crippen LogP contribution in [-0.2, 0) is 5.41 Å². The van der Waals surface area contributed by atoms with E-state index in [9.17, 15) is 9.90 Å². The molecule has 2 aromatic heterocycles. The van der Waals surface area contributed by atoms with Gasteiger partial charge >= 0.3 is 6.01 Å². The summed E-state index contributed by atoms with van der Waals surface area (Å²) in [5.74, 6) is 0.569. The molecule has 0 bridgehead atoms. The number of aromatic nitrogens is 3. The van der Waals surface area contributed by atoms with E-state index < -0.39 is 6.10 Å². The van der Waals surface area contributed by atoms with E-state index in [1.807, 2.05) is 20.8 Å². The molecule has 2 fully saturated rings. The van der Waals surface area contributed by atoms with E-state index in [2.05, 4.69) is 20.1 Å². The highest BCUT2D eigenvalue weighted by Gasteiger charge is 2.43. The maximum Gasteiger partial charge on any atom is 0.318 e. The third-order valence-electron chi connectivity index (χ3n) is 5.97. The van der Waals surface area contributed by atoms with Crippen LogP contribution in [0.25, 0.3) is 0 Å². The number of hydrogen-bond acceptors (Lipinski definition) is 7. The van der Waals surface area contributed by atoms with Crippen molar-refractivity contribution in [3.8, 4) is 0 Å². The molecule has 0 aromatic carbocycles. The largest absolute Gasteiger partial charge is 0.407 e. The molecule has 1 unspecified atom stereocenters. The molecule has 1 amide bonds. The van der Waals surface area contributed by atoms with Crippen molar-refractivity contribution in [2.24, 2.45) is 5.41 Å². The van der Waals surface area contributed by atoms with Crippen molar-refractivity contribution < 1.29 is 14.3 Å². The van der Waals surface area contributed by atoms with Crippen molar-refractivity contribution in [2.75, 3.05) is 31.1 Å². The first-order chi connectivity index (χ1) is 13.8. The van der Waals surface area contributed by atoms with Gasteiger partial charge in [-0.2, -0.15) is 0 Å². The van der Waals surface area contributed by atoms with Crippen LogP contribution in [0.1, 0.15) is 56.3 Å². The van der Waals surface area contributed by atoms with Gasteiger partial charge in [-0.05, 0) is 36.8 Å². The SMILES string of the molecule is CC(C)(C)c1nnc(N2CCC3(CC2)CC(O)CN(C(=O)c2cccnc2)C3)o1. The van der Waals surface area contributed by atoms with Crippen LogP contribution in [0.15, 0.2) is 28.9 Å². The van der Waals surface area contributed by atoms with Crippen LogP contribution in [0.5, 0.6) is 0 Å². The summed E-state index contributed by atoms with van der Waals surface area (Å²) < 4.78 is 5.88. The van der Waals surface area contributed by atoms with Crippen molar-refractivity contribution in [3.05, 3.63) is 36.0 Å². The number of nitrogens with zero attached hydrogens (tertiary/aromatic N) is 5. The van der Waals surface area contributed by atoms with E-state index in [0.717, 1.165) is 25.9 Å². The standard InChI is InChI=1S/C21H29N5O3/c1-20(2,3)18-23-24-19(29-18)25-9-6-21(7-10-25)11-16(27)13-26(14-21)17(28)15-5-4-8-22-12-15/h4-5,8,12,16,27H,6-7,9-11,13-14H2,1-3H3. The van der Waals surface area contributed by atoms with Gasteiger partial charge in [0.05, 0.1) is 11.7 Å². The maximum absolute atomic E-state index is 12.9. The summed E-state index contributed by atoms with van der Waals surface area (Å²) >= 11 is 0. The van der Waals surface area contributed by atoms with Crippen LogP contribution in [0.2, 0.25) is 0 Å². The molecule has 1 N–H and O–H groups in total. The van der Waals surface area contributed by atoms with Crippen LogP contribution in [0, 0.1) is 5.41 Å². The monoisotopic (exact) mass is 399 g/mol. The van der Waals surface area contributed by atoms with Gasteiger partial charge in [0.25, 0.3) is 5.91 Å². The predicted molar refractivity (Wildman–Crippen MR) is 108 cm³/mol. The smallest absolute Gasteiger partial charge is 0.318 e. The molecule has 2 aliphatic heterocycles. The van der Waals surface area contributed by atoms with Crippen molar-refractivity contribution in [1.29, 1.82) is 0 Å². The summed E-state index contributed by atoms with van der Waals surface area (Å²) in [6.45, 7) is 8.72. The lowest BCUT2D eigenvalue weighted by Crippen LogP contribution is -2.55. The Morgan fingerprint density at radius 3 is 2.66 bits per heavy atom. The molecule has 2 saturated heterocycles. The van der Waals surface area contributed by atoms with E-state index in [1.165, 1.54) is 0 Å². The first-order valence-electron chi connectivity index (χ1n) is 10.2. The number of aliphatic hydroxyl groups excluding tert-OH is 1. The summed E-state index contributed by atoms with van der Waals surface area (Å²) in [6.07, 6.45) is 5.19. The number of carbonyl (C=O) groups is 1. The Balaban J connectivity index is 1.44. The lowest BCUT2D eigenvalue weighted by molar-refractivity contribution is -0.0153. The highest BCUT2D eigenvalue weighted by atomic mass is 16.4. The fourth-order valence-corrected chi connectivity index (χ4v) is 4.36. The summed E-state index contributed by atoms with van der Waals surface area (Å²) in [5.41, 5.74) is 0.302. The number of hydrogen-bond donors (Lipinski definition) is 1. The Kier molecular flexibility index (Phi) is 5.06. The lowest BCUT2D eigenvalue weighted by atomic mass is 9.71. The molecule has 4 rings (SSSR count). The number of piperidine rings is 2. The average molecular weight is 399 g/mol. The molecule has 0 saturated carbocycles. The fraction of sp³-hybridized carbons (Fsp3) is 0.619. The number of anilines is 1. The minimum atomic E-state index is -0.508. The molecule has 1 atom stereocenters. The Labute approximate surface area is 170 Å². The predicted octanol–water partition coefficient (Wildman–Crippen LogP) is 2.26. The Hall–Kier alpha value is -2.48. The van der Waals surface area contributed by atoms with Gasteiger partial charge in [0.2, 0.25) is 5.89 Å². The molecule has 156 valence electrons. The van der Waals surface area contributed by atoms with E-state index >= 15 is 0 Å². The van der Waals surface area contributed by atoms with E-state index in [0.29, 0.717) is 37.0 Å². The Morgan fingerprint density at radius 1 is 1.28 bits per heavy atom. The molecular formula is C21H29N5O3. The highest BCUT2D eigenvalue weighted by Crippen LogP contribution is 2.41. The molecule has 8 heteroatoms. The zero-order chi connectivity index (χ0) is 20.6. The number of aliphatic hydroxyl groups is 1. The zero-order valence-corrected chi connectivity index (χ0v) is 17.3. The number of amides is 1. The van der Waals surface area contributed by atoms with Crippen molar-refractivity contribution >= 4 is 11.9 Å². The first-order valence-corrected chi connectivity index (χ1v) is 10.2. The first kappa shape index (κ1) is 19.8. The minimum Gasteiger partial charge on any atom is -0.407 e. The van der Waals surface area contributed by atoms with Gasteiger partial charge in [0, 0.05) is 44.0 Å².